The third-order valence-electron chi connectivity index (χ3n) is 5.40. The quantitative estimate of drug-likeness (QED) is 0.578. The Hall–Kier alpha value is -2.85. The molecule has 0 amide bonds. The summed E-state index contributed by atoms with van der Waals surface area (Å²) in [7, 11) is 0. The minimum absolute atomic E-state index is 0.241. The number of halogens is 1. The Morgan fingerprint density at radius 3 is 2.07 bits per heavy atom. The summed E-state index contributed by atoms with van der Waals surface area (Å²) >= 11 is 0. The van der Waals surface area contributed by atoms with E-state index in [4.69, 9.17) is 4.74 Å². The second-order valence-corrected chi connectivity index (χ2v) is 7.47. The zero-order valence-corrected chi connectivity index (χ0v) is 16.6. The molecule has 150 valence electrons. The lowest BCUT2D eigenvalue weighted by atomic mass is 10.1. The molecule has 4 rings (SSSR count). The first-order valence-corrected chi connectivity index (χ1v) is 10.2. The molecule has 0 spiro atoms. The van der Waals surface area contributed by atoms with Crippen molar-refractivity contribution in [1.82, 2.24) is 4.90 Å². The van der Waals surface area contributed by atoms with E-state index in [1.54, 1.807) is 12.1 Å². The lowest BCUT2D eigenvalue weighted by Gasteiger charge is -2.36. The number of hydrogen-bond acceptors (Lipinski definition) is 3. The molecule has 0 bridgehead atoms. The molecular weight excluding hydrogens is 363 g/mol. The molecule has 0 N–H and O–H groups in total. The van der Waals surface area contributed by atoms with Crippen LogP contribution in [0.4, 0.5) is 10.1 Å². The van der Waals surface area contributed by atoms with Gasteiger partial charge in [-0.15, -0.1) is 0 Å². The van der Waals surface area contributed by atoms with Gasteiger partial charge in [0.25, 0.3) is 0 Å². The molecule has 0 saturated carbocycles. The molecular formula is C25H27FN2O. The first-order chi connectivity index (χ1) is 14.3. The van der Waals surface area contributed by atoms with Crippen molar-refractivity contribution in [2.24, 2.45) is 0 Å². The van der Waals surface area contributed by atoms with Crippen LogP contribution in [0.15, 0.2) is 78.9 Å². The molecule has 0 radical (unpaired) electrons. The van der Waals surface area contributed by atoms with E-state index in [2.05, 4.69) is 64.4 Å². The summed E-state index contributed by atoms with van der Waals surface area (Å²) in [5.74, 6) is 0.465. The van der Waals surface area contributed by atoms with Gasteiger partial charge < -0.3 is 9.64 Å². The first-order valence-electron chi connectivity index (χ1n) is 10.2. The van der Waals surface area contributed by atoms with Gasteiger partial charge in [-0.3, -0.25) is 4.90 Å². The molecule has 4 heteroatoms. The number of para-hydroxylation sites is 1. The van der Waals surface area contributed by atoms with E-state index in [1.165, 1.54) is 28.9 Å². The maximum absolute atomic E-state index is 12.9. The molecule has 3 nitrogen and oxygen atoms in total. The van der Waals surface area contributed by atoms with Gasteiger partial charge in [0.2, 0.25) is 0 Å². The summed E-state index contributed by atoms with van der Waals surface area (Å²) in [6.45, 7) is 5.90. The van der Waals surface area contributed by atoms with Crippen LogP contribution in [0.3, 0.4) is 0 Å². The van der Waals surface area contributed by atoms with Crippen molar-refractivity contribution in [2.75, 3.05) is 37.7 Å². The highest BCUT2D eigenvalue weighted by molar-refractivity contribution is 5.46. The van der Waals surface area contributed by atoms with Crippen LogP contribution in [0.2, 0.25) is 0 Å². The average molecular weight is 391 g/mol. The Labute approximate surface area is 172 Å². The molecule has 1 aliphatic rings. The smallest absolute Gasteiger partial charge is 0.123 e. The summed E-state index contributed by atoms with van der Waals surface area (Å²) in [4.78, 5) is 4.98. The summed E-state index contributed by atoms with van der Waals surface area (Å²) in [5, 5.41) is 0. The van der Waals surface area contributed by atoms with Crippen molar-refractivity contribution in [3.8, 4) is 5.75 Å². The SMILES string of the molecule is Fc1ccc(OCCc2ccc(CN3CCN(c4ccccc4)CC3)cc2)cc1. The van der Waals surface area contributed by atoms with Crippen molar-refractivity contribution in [3.63, 3.8) is 0 Å². The van der Waals surface area contributed by atoms with E-state index in [1.807, 2.05) is 0 Å². The lowest BCUT2D eigenvalue weighted by molar-refractivity contribution is 0.250. The van der Waals surface area contributed by atoms with Crippen molar-refractivity contribution in [3.05, 3.63) is 95.8 Å². The largest absolute Gasteiger partial charge is 0.493 e. The van der Waals surface area contributed by atoms with Gasteiger partial charge in [-0.05, 0) is 47.5 Å². The van der Waals surface area contributed by atoms with Crippen LogP contribution in [0, 0.1) is 5.82 Å². The average Bonchev–Trinajstić information content (AvgIpc) is 2.77. The van der Waals surface area contributed by atoms with Gasteiger partial charge in [0.15, 0.2) is 0 Å². The number of anilines is 1. The molecule has 29 heavy (non-hydrogen) atoms. The normalized spacial score (nSPS) is 14.7. The Balaban J connectivity index is 1.21. The van der Waals surface area contributed by atoms with Crippen molar-refractivity contribution < 1.29 is 9.13 Å². The maximum Gasteiger partial charge on any atom is 0.123 e. The fraction of sp³-hybridized carbons (Fsp3) is 0.280. The number of rotatable bonds is 7. The Morgan fingerprint density at radius 1 is 0.724 bits per heavy atom. The van der Waals surface area contributed by atoms with E-state index >= 15 is 0 Å². The molecule has 0 atom stereocenters. The second-order valence-electron chi connectivity index (χ2n) is 7.47. The highest BCUT2D eigenvalue weighted by atomic mass is 19.1. The van der Waals surface area contributed by atoms with Crippen LogP contribution in [0.1, 0.15) is 11.1 Å². The molecule has 1 fully saturated rings. The molecule has 3 aromatic carbocycles. The van der Waals surface area contributed by atoms with Crippen molar-refractivity contribution >= 4 is 5.69 Å². The molecule has 0 aromatic heterocycles. The van der Waals surface area contributed by atoms with Crippen LogP contribution in [-0.4, -0.2) is 37.7 Å². The van der Waals surface area contributed by atoms with E-state index < -0.39 is 0 Å². The zero-order chi connectivity index (χ0) is 19.9. The number of hydrogen-bond donors (Lipinski definition) is 0. The van der Waals surface area contributed by atoms with Crippen molar-refractivity contribution in [2.45, 2.75) is 13.0 Å². The number of ether oxygens (including phenoxy) is 1. The van der Waals surface area contributed by atoms with Crippen LogP contribution in [-0.2, 0) is 13.0 Å². The predicted molar refractivity (Wildman–Crippen MR) is 116 cm³/mol. The molecule has 0 aliphatic carbocycles. The molecule has 3 aromatic rings. The fourth-order valence-corrected chi connectivity index (χ4v) is 3.69. The predicted octanol–water partition coefficient (Wildman–Crippen LogP) is 4.77. The first kappa shape index (κ1) is 19.5. The third-order valence-corrected chi connectivity index (χ3v) is 5.40. The minimum atomic E-state index is -0.241. The van der Waals surface area contributed by atoms with Crippen LogP contribution >= 0.6 is 0 Å². The van der Waals surface area contributed by atoms with Gasteiger partial charge in [0, 0.05) is 44.8 Å². The maximum atomic E-state index is 12.9. The fourth-order valence-electron chi connectivity index (χ4n) is 3.69. The summed E-state index contributed by atoms with van der Waals surface area (Å²) < 4.78 is 18.6. The number of piperazine rings is 1. The zero-order valence-electron chi connectivity index (χ0n) is 16.6. The van der Waals surface area contributed by atoms with Crippen LogP contribution < -0.4 is 9.64 Å². The van der Waals surface area contributed by atoms with E-state index in [-0.39, 0.29) is 5.82 Å². The van der Waals surface area contributed by atoms with Gasteiger partial charge in [-0.25, -0.2) is 4.39 Å². The monoisotopic (exact) mass is 390 g/mol. The highest BCUT2D eigenvalue weighted by Crippen LogP contribution is 2.17. The topological polar surface area (TPSA) is 15.7 Å². The van der Waals surface area contributed by atoms with Gasteiger partial charge in [-0.1, -0.05) is 42.5 Å². The minimum Gasteiger partial charge on any atom is -0.493 e. The Bertz CT molecular complexity index is 873. The second kappa shape index (κ2) is 9.57. The molecule has 0 unspecified atom stereocenters. The lowest BCUT2D eigenvalue weighted by Crippen LogP contribution is -2.45. The van der Waals surface area contributed by atoms with E-state index in [0.29, 0.717) is 12.4 Å². The summed E-state index contributed by atoms with van der Waals surface area (Å²) in [5.41, 5.74) is 3.92. The van der Waals surface area contributed by atoms with Gasteiger partial charge in [0.05, 0.1) is 6.61 Å². The highest BCUT2D eigenvalue weighted by Gasteiger charge is 2.17. The van der Waals surface area contributed by atoms with E-state index in [9.17, 15) is 4.39 Å². The number of benzene rings is 3. The van der Waals surface area contributed by atoms with Crippen molar-refractivity contribution in [1.29, 1.82) is 0 Å². The van der Waals surface area contributed by atoms with Crippen LogP contribution in [0.5, 0.6) is 5.75 Å². The van der Waals surface area contributed by atoms with Gasteiger partial charge in [-0.2, -0.15) is 0 Å². The molecule has 1 heterocycles. The summed E-state index contributed by atoms with van der Waals surface area (Å²) in [6, 6.07) is 25.6. The Morgan fingerprint density at radius 2 is 1.38 bits per heavy atom. The van der Waals surface area contributed by atoms with Crippen LogP contribution in [0.25, 0.3) is 0 Å². The van der Waals surface area contributed by atoms with Gasteiger partial charge in [0.1, 0.15) is 11.6 Å². The standard InChI is InChI=1S/C25H27FN2O/c26-23-10-12-25(13-11-23)29-19-14-21-6-8-22(9-7-21)20-27-15-17-28(18-16-27)24-4-2-1-3-5-24/h1-13H,14-20H2. The molecule has 1 aliphatic heterocycles. The summed E-state index contributed by atoms with van der Waals surface area (Å²) in [6.07, 6.45) is 0.841. The number of nitrogens with zero attached hydrogens (tertiary/aromatic N) is 2. The molecule has 1 saturated heterocycles. The Kier molecular flexibility index (Phi) is 6.42. The van der Waals surface area contributed by atoms with E-state index in [0.717, 1.165) is 39.1 Å². The van der Waals surface area contributed by atoms with Gasteiger partial charge >= 0.3 is 0 Å². The third kappa shape index (κ3) is 5.58.